The highest BCUT2D eigenvalue weighted by molar-refractivity contribution is 6.61. The van der Waals surface area contributed by atoms with Crippen LogP contribution in [-0.4, -0.2) is 57.3 Å². The lowest BCUT2D eigenvalue weighted by atomic mass is 10.2. The summed E-state index contributed by atoms with van der Waals surface area (Å²) in [5.41, 5.74) is 0. The molecule has 0 N–H and O–H groups in total. The molecule has 0 bridgehead atoms. The summed E-state index contributed by atoms with van der Waals surface area (Å²) in [6.07, 6.45) is 18.9. The maximum absolute atomic E-state index is 6.43. The largest absolute Gasteiger partial charge is 0.500 e. The summed E-state index contributed by atoms with van der Waals surface area (Å²) < 4.78 is 38.6. The van der Waals surface area contributed by atoms with Gasteiger partial charge < -0.3 is 26.6 Å². The van der Waals surface area contributed by atoms with E-state index in [0.29, 0.717) is 0 Å². The van der Waals surface area contributed by atoms with Crippen LogP contribution in [0.15, 0.2) is 0 Å². The first kappa shape index (κ1) is 39.2. The van der Waals surface area contributed by atoms with Gasteiger partial charge in [0.1, 0.15) is 0 Å². The Labute approximate surface area is 246 Å². The lowest BCUT2D eigenvalue weighted by Crippen LogP contribution is -2.46. The quantitative estimate of drug-likeness (QED) is 0.0572. The minimum Gasteiger partial charge on any atom is -0.373 e. The number of unbranched alkanes of at least 4 members (excludes halogenated alkanes) is 10. The van der Waals surface area contributed by atoms with Crippen LogP contribution in [0.1, 0.15) is 151 Å². The lowest BCUT2D eigenvalue weighted by molar-refractivity contribution is 0.0554. The van der Waals surface area contributed by atoms with Gasteiger partial charge in [-0.05, 0) is 51.4 Å². The molecule has 0 aromatic heterocycles. The fourth-order valence-corrected chi connectivity index (χ4v) is 9.59. The fourth-order valence-electron chi connectivity index (χ4n) is 4.13. The molecular formula is C31H68O6Si2. The topological polar surface area (TPSA) is 55.4 Å². The first-order chi connectivity index (χ1) is 19.1. The van der Waals surface area contributed by atoms with Crippen molar-refractivity contribution in [3.05, 3.63) is 0 Å². The second-order valence-electron chi connectivity index (χ2n) is 10.8. The second kappa shape index (κ2) is 28.3. The van der Waals surface area contributed by atoms with Crippen LogP contribution in [0.5, 0.6) is 0 Å². The normalized spacial score (nSPS) is 12.5. The van der Waals surface area contributed by atoms with E-state index in [-0.39, 0.29) is 0 Å². The average molecular weight is 593 g/mol. The third-order valence-corrected chi connectivity index (χ3v) is 12.7. The van der Waals surface area contributed by atoms with Crippen molar-refractivity contribution in [1.29, 1.82) is 0 Å². The standard InChI is InChI=1S/C31H68O6Si2/c1-7-13-24-32-38(33-25-14-8-2,34-26-15-9-3)30-22-20-19-21-23-31-39(35-27-16-10-4,36-28-17-11-5)37-29-18-12-6/h7-31H2,1-6H3. The van der Waals surface area contributed by atoms with E-state index < -0.39 is 17.6 Å². The van der Waals surface area contributed by atoms with Crippen molar-refractivity contribution in [3.63, 3.8) is 0 Å². The Morgan fingerprint density at radius 2 is 0.487 bits per heavy atom. The third kappa shape index (κ3) is 21.5. The van der Waals surface area contributed by atoms with Crippen LogP contribution < -0.4 is 0 Å². The summed E-state index contributed by atoms with van der Waals surface area (Å²) in [5.74, 6) is 0. The molecule has 0 aliphatic rings. The molecule has 0 aromatic carbocycles. The predicted molar refractivity (Wildman–Crippen MR) is 169 cm³/mol. The molecule has 0 atom stereocenters. The van der Waals surface area contributed by atoms with Gasteiger partial charge in [-0.1, -0.05) is 99.3 Å². The third-order valence-electron chi connectivity index (χ3n) is 6.89. The lowest BCUT2D eigenvalue weighted by Gasteiger charge is -2.30. The molecule has 236 valence electrons. The van der Waals surface area contributed by atoms with Gasteiger partial charge in [-0.25, -0.2) is 0 Å². The first-order valence-corrected chi connectivity index (χ1v) is 20.8. The molecule has 0 saturated heterocycles. The Kier molecular flexibility index (Phi) is 28.5. The maximum Gasteiger partial charge on any atom is 0.500 e. The van der Waals surface area contributed by atoms with Crippen molar-refractivity contribution < 1.29 is 26.6 Å². The molecule has 0 amide bonds. The van der Waals surface area contributed by atoms with Crippen LogP contribution in [0.3, 0.4) is 0 Å². The second-order valence-corrected chi connectivity index (χ2v) is 16.3. The Hall–Kier alpha value is 0.194. The number of hydrogen-bond donors (Lipinski definition) is 0. The SMILES string of the molecule is CCCCO[Si](CCCCCCC[Si](OCCCC)(OCCCC)OCCCC)(OCCCC)OCCCC. The van der Waals surface area contributed by atoms with Crippen LogP contribution >= 0.6 is 0 Å². The summed E-state index contributed by atoms with van der Waals surface area (Å²) in [5, 5.41) is 0. The molecule has 0 aliphatic carbocycles. The van der Waals surface area contributed by atoms with E-state index in [1.165, 1.54) is 19.3 Å². The Morgan fingerprint density at radius 1 is 0.282 bits per heavy atom. The van der Waals surface area contributed by atoms with Crippen LogP contribution in [0, 0.1) is 0 Å². The molecule has 0 aromatic rings. The van der Waals surface area contributed by atoms with E-state index >= 15 is 0 Å². The van der Waals surface area contributed by atoms with Gasteiger partial charge in [-0.2, -0.15) is 0 Å². The van der Waals surface area contributed by atoms with Crippen molar-refractivity contribution >= 4 is 17.6 Å². The van der Waals surface area contributed by atoms with Gasteiger partial charge in [0.05, 0.1) is 0 Å². The van der Waals surface area contributed by atoms with E-state index in [2.05, 4.69) is 41.5 Å². The molecule has 0 rings (SSSR count). The van der Waals surface area contributed by atoms with Gasteiger partial charge in [0.25, 0.3) is 0 Å². The van der Waals surface area contributed by atoms with Crippen LogP contribution in [-0.2, 0) is 26.6 Å². The number of hydrogen-bond acceptors (Lipinski definition) is 6. The monoisotopic (exact) mass is 592 g/mol. The summed E-state index contributed by atoms with van der Waals surface area (Å²) >= 11 is 0. The highest BCUT2D eigenvalue weighted by Crippen LogP contribution is 2.25. The molecule has 39 heavy (non-hydrogen) atoms. The van der Waals surface area contributed by atoms with Crippen LogP contribution in [0.25, 0.3) is 0 Å². The zero-order valence-electron chi connectivity index (χ0n) is 27.1. The maximum atomic E-state index is 6.43. The van der Waals surface area contributed by atoms with Gasteiger partial charge in [0, 0.05) is 51.7 Å². The molecule has 0 fully saturated rings. The number of rotatable bonds is 32. The predicted octanol–water partition coefficient (Wildman–Crippen LogP) is 9.71. The van der Waals surface area contributed by atoms with E-state index in [1.807, 2.05) is 0 Å². The zero-order chi connectivity index (χ0) is 28.9. The summed E-state index contributed by atoms with van der Waals surface area (Å²) in [6, 6.07) is 1.87. The van der Waals surface area contributed by atoms with Gasteiger partial charge in [-0.15, -0.1) is 0 Å². The Bertz CT molecular complexity index is 403. The highest BCUT2D eigenvalue weighted by Gasteiger charge is 2.41. The molecule has 0 aliphatic heterocycles. The Balaban J connectivity index is 4.88. The first-order valence-electron chi connectivity index (χ1n) is 16.9. The zero-order valence-corrected chi connectivity index (χ0v) is 29.1. The van der Waals surface area contributed by atoms with Gasteiger partial charge >= 0.3 is 17.6 Å². The van der Waals surface area contributed by atoms with Crippen molar-refractivity contribution in [2.45, 2.75) is 163 Å². The van der Waals surface area contributed by atoms with E-state index in [1.54, 1.807) is 0 Å². The van der Waals surface area contributed by atoms with E-state index in [4.69, 9.17) is 26.6 Å². The fraction of sp³-hybridized carbons (Fsp3) is 1.00. The molecule has 0 unspecified atom stereocenters. The van der Waals surface area contributed by atoms with E-state index in [0.717, 1.165) is 142 Å². The average Bonchev–Trinajstić information content (AvgIpc) is 2.93. The molecule has 0 spiro atoms. The molecule has 0 radical (unpaired) electrons. The minimum atomic E-state index is -2.61. The smallest absolute Gasteiger partial charge is 0.373 e. The minimum absolute atomic E-state index is 0.752. The summed E-state index contributed by atoms with van der Waals surface area (Å²) in [4.78, 5) is 0. The Morgan fingerprint density at radius 3 is 0.692 bits per heavy atom. The summed E-state index contributed by atoms with van der Waals surface area (Å²) in [6.45, 7) is 17.8. The molecule has 0 heterocycles. The van der Waals surface area contributed by atoms with Gasteiger partial charge in [0.2, 0.25) is 0 Å². The van der Waals surface area contributed by atoms with Crippen molar-refractivity contribution in [2.24, 2.45) is 0 Å². The molecule has 8 heteroatoms. The molecule has 6 nitrogen and oxygen atoms in total. The van der Waals surface area contributed by atoms with Crippen molar-refractivity contribution in [1.82, 2.24) is 0 Å². The van der Waals surface area contributed by atoms with Crippen LogP contribution in [0.4, 0.5) is 0 Å². The van der Waals surface area contributed by atoms with Crippen LogP contribution in [0.2, 0.25) is 12.1 Å². The van der Waals surface area contributed by atoms with Gasteiger partial charge in [0.15, 0.2) is 0 Å². The van der Waals surface area contributed by atoms with Crippen molar-refractivity contribution in [2.75, 3.05) is 39.6 Å². The summed E-state index contributed by atoms with van der Waals surface area (Å²) in [7, 11) is -5.23. The van der Waals surface area contributed by atoms with E-state index in [9.17, 15) is 0 Å². The molecular weight excluding hydrogens is 525 g/mol. The highest BCUT2D eigenvalue weighted by atomic mass is 28.4. The van der Waals surface area contributed by atoms with Gasteiger partial charge in [-0.3, -0.25) is 0 Å². The van der Waals surface area contributed by atoms with Crippen molar-refractivity contribution in [3.8, 4) is 0 Å². The molecule has 0 saturated carbocycles.